The van der Waals surface area contributed by atoms with Crippen molar-refractivity contribution in [3.8, 4) is 0 Å². The molecule has 0 aliphatic carbocycles. The highest BCUT2D eigenvalue weighted by molar-refractivity contribution is 5.91. The van der Waals surface area contributed by atoms with Gasteiger partial charge in [0.1, 0.15) is 0 Å². The van der Waals surface area contributed by atoms with Crippen LogP contribution in [0.2, 0.25) is 0 Å². The number of hydrogen-bond donors (Lipinski definition) is 0. The van der Waals surface area contributed by atoms with Crippen LogP contribution in [-0.2, 0) is 9.53 Å². The number of non-ortho nitro benzene ring substituents is 1. The van der Waals surface area contributed by atoms with E-state index in [2.05, 4.69) is 4.74 Å². The van der Waals surface area contributed by atoms with Gasteiger partial charge in [-0.1, -0.05) is 0 Å². The number of nitro groups is 1. The lowest BCUT2D eigenvalue weighted by Gasteiger charge is -1.98. The molecule has 0 radical (unpaired) electrons. The maximum absolute atomic E-state index is 13.2. The van der Waals surface area contributed by atoms with Crippen molar-refractivity contribution in [3.05, 3.63) is 45.8 Å². The van der Waals surface area contributed by atoms with Gasteiger partial charge in [0.2, 0.25) is 5.83 Å². The molecule has 0 saturated heterocycles. The molecule has 0 unspecified atom stereocenters. The van der Waals surface area contributed by atoms with E-state index < -0.39 is 16.7 Å². The zero-order chi connectivity index (χ0) is 12.8. The number of halogens is 1. The molecule has 90 valence electrons. The van der Waals surface area contributed by atoms with Gasteiger partial charge in [-0.25, -0.2) is 4.79 Å². The van der Waals surface area contributed by atoms with Crippen LogP contribution in [0, 0.1) is 10.1 Å². The van der Waals surface area contributed by atoms with Crippen molar-refractivity contribution in [2.45, 2.75) is 6.92 Å². The zero-order valence-corrected chi connectivity index (χ0v) is 9.05. The van der Waals surface area contributed by atoms with Crippen molar-refractivity contribution >= 4 is 17.7 Å². The van der Waals surface area contributed by atoms with Gasteiger partial charge in [-0.15, -0.1) is 0 Å². The number of benzene rings is 1. The lowest BCUT2D eigenvalue weighted by Crippen LogP contribution is -2.03. The van der Waals surface area contributed by atoms with Gasteiger partial charge in [0.25, 0.3) is 5.69 Å². The van der Waals surface area contributed by atoms with Gasteiger partial charge < -0.3 is 4.74 Å². The minimum Gasteiger partial charge on any atom is -0.461 e. The highest BCUT2D eigenvalue weighted by Gasteiger charge is 2.10. The normalized spacial score (nSPS) is 11.1. The number of nitro benzene ring substituents is 1. The molecule has 0 spiro atoms. The minimum absolute atomic E-state index is 0.0837. The van der Waals surface area contributed by atoms with Gasteiger partial charge in [0.15, 0.2) is 0 Å². The molecule has 0 heterocycles. The van der Waals surface area contributed by atoms with Crippen molar-refractivity contribution in [2.75, 3.05) is 6.61 Å². The predicted octanol–water partition coefficient (Wildman–Crippen LogP) is 2.47. The van der Waals surface area contributed by atoms with Gasteiger partial charge in [0, 0.05) is 12.1 Å². The van der Waals surface area contributed by atoms with E-state index in [1.165, 1.54) is 24.3 Å². The summed E-state index contributed by atoms with van der Waals surface area (Å²) >= 11 is 0. The van der Waals surface area contributed by atoms with Crippen LogP contribution in [0.4, 0.5) is 10.1 Å². The smallest absolute Gasteiger partial charge is 0.367 e. The molecule has 6 heteroatoms. The van der Waals surface area contributed by atoms with E-state index in [9.17, 15) is 19.3 Å². The number of hydrogen-bond acceptors (Lipinski definition) is 4. The maximum Gasteiger partial charge on any atom is 0.367 e. The Morgan fingerprint density at radius 1 is 1.47 bits per heavy atom. The predicted molar refractivity (Wildman–Crippen MR) is 58.8 cm³/mol. The van der Waals surface area contributed by atoms with Crippen LogP contribution in [-0.4, -0.2) is 17.5 Å². The fourth-order valence-corrected chi connectivity index (χ4v) is 1.10. The largest absolute Gasteiger partial charge is 0.461 e. The Balaban J connectivity index is 2.84. The standard InChI is InChI=1S/C11H10FNO4/c1-2-17-11(14)10(12)7-8-3-5-9(6-4-8)13(15)16/h3-7H,2H2,1H3/b10-7+. The SMILES string of the molecule is CCOC(=O)/C(F)=C\c1ccc([N+](=O)[O-])cc1. The van der Waals surface area contributed by atoms with E-state index in [1.54, 1.807) is 6.92 Å². The molecule has 1 rings (SSSR count). The molecule has 0 fully saturated rings. The summed E-state index contributed by atoms with van der Waals surface area (Å²) in [6.07, 6.45) is 0.960. The third-order valence-corrected chi connectivity index (χ3v) is 1.87. The Morgan fingerprint density at radius 3 is 2.53 bits per heavy atom. The second kappa shape index (κ2) is 5.74. The first kappa shape index (κ1) is 12.8. The topological polar surface area (TPSA) is 69.4 Å². The molecule has 1 aromatic carbocycles. The van der Waals surface area contributed by atoms with E-state index in [1.807, 2.05) is 0 Å². The molecular weight excluding hydrogens is 229 g/mol. The molecule has 0 aliphatic rings. The molecule has 0 N–H and O–H groups in total. The van der Waals surface area contributed by atoms with E-state index in [-0.39, 0.29) is 12.3 Å². The van der Waals surface area contributed by atoms with Crippen LogP contribution in [0.15, 0.2) is 30.1 Å². The fourth-order valence-electron chi connectivity index (χ4n) is 1.10. The van der Waals surface area contributed by atoms with Crippen molar-refractivity contribution in [1.82, 2.24) is 0 Å². The first-order valence-electron chi connectivity index (χ1n) is 4.83. The van der Waals surface area contributed by atoms with Crippen molar-refractivity contribution < 1.29 is 18.8 Å². The number of nitrogens with zero attached hydrogens (tertiary/aromatic N) is 1. The average molecular weight is 239 g/mol. The molecule has 0 aromatic heterocycles. The van der Waals surface area contributed by atoms with Crippen LogP contribution in [0.25, 0.3) is 6.08 Å². The zero-order valence-electron chi connectivity index (χ0n) is 9.05. The summed E-state index contributed by atoms with van der Waals surface area (Å²) < 4.78 is 17.6. The fraction of sp³-hybridized carbons (Fsp3) is 0.182. The number of carbonyl (C=O) groups excluding carboxylic acids is 1. The minimum atomic E-state index is -1.05. The van der Waals surface area contributed by atoms with Gasteiger partial charge in [-0.05, 0) is 30.7 Å². The lowest BCUT2D eigenvalue weighted by atomic mass is 10.2. The number of esters is 1. The van der Waals surface area contributed by atoms with Gasteiger partial charge in [-0.3, -0.25) is 10.1 Å². The lowest BCUT2D eigenvalue weighted by molar-refractivity contribution is -0.384. The third kappa shape index (κ3) is 3.67. The van der Waals surface area contributed by atoms with Crippen LogP contribution in [0.1, 0.15) is 12.5 Å². The van der Waals surface area contributed by atoms with E-state index >= 15 is 0 Å². The van der Waals surface area contributed by atoms with E-state index in [0.717, 1.165) is 6.08 Å². The van der Waals surface area contributed by atoms with Crippen molar-refractivity contribution in [1.29, 1.82) is 0 Å². The van der Waals surface area contributed by atoms with Crippen LogP contribution < -0.4 is 0 Å². The number of carbonyl (C=O) groups is 1. The number of rotatable bonds is 4. The summed E-state index contributed by atoms with van der Waals surface area (Å²) in [5.41, 5.74) is 0.250. The van der Waals surface area contributed by atoms with Gasteiger partial charge in [-0.2, -0.15) is 4.39 Å². The summed E-state index contributed by atoms with van der Waals surface area (Å²) in [5.74, 6) is -2.09. The quantitative estimate of drug-likeness (QED) is 0.350. The monoisotopic (exact) mass is 239 g/mol. The van der Waals surface area contributed by atoms with Crippen molar-refractivity contribution in [3.63, 3.8) is 0 Å². The summed E-state index contributed by atoms with van der Waals surface area (Å²) in [6, 6.07) is 5.14. The Hall–Kier alpha value is -2.24. The summed E-state index contributed by atoms with van der Waals surface area (Å²) in [6.45, 7) is 1.65. The molecule has 0 aliphatic heterocycles. The molecule has 1 aromatic rings. The second-order valence-corrected chi connectivity index (χ2v) is 3.06. The maximum atomic E-state index is 13.2. The van der Waals surface area contributed by atoms with Crippen LogP contribution in [0.3, 0.4) is 0 Å². The van der Waals surface area contributed by atoms with Crippen LogP contribution in [0.5, 0.6) is 0 Å². The van der Waals surface area contributed by atoms with Crippen LogP contribution >= 0.6 is 0 Å². The molecule has 0 saturated carbocycles. The Kier molecular flexibility index (Phi) is 4.33. The summed E-state index contributed by atoms with van der Waals surface area (Å²) in [4.78, 5) is 20.8. The Bertz CT molecular complexity index is 453. The first-order chi connectivity index (χ1) is 8.04. The highest BCUT2D eigenvalue weighted by atomic mass is 19.1. The van der Waals surface area contributed by atoms with Gasteiger partial charge >= 0.3 is 5.97 Å². The highest BCUT2D eigenvalue weighted by Crippen LogP contribution is 2.15. The molecule has 0 amide bonds. The summed E-state index contributed by atoms with van der Waals surface area (Å²) in [7, 11) is 0. The molecular formula is C11H10FNO4. The summed E-state index contributed by atoms with van der Waals surface area (Å²) in [5, 5.41) is 10.4. The number of ether oxygens (including phenoxy) is 1. The van der Waals surface area contributed by atoms with E-state index in [4.69, 9.17) is 0 Å². The average Bonchev–Trinajstić information content (AvgIpc) is 2.30. The molecule has 17 heavy (non-hydrogen) atoms. The van der Waals surface area contributed by atoms with Crippen molar-refractivity contribution in [2.24, 2.45) is 0 Å². The molecule has 0 bridgehead atoms. The molecule has 5 nitrogen and oxygen atoms in total. The second-order valence-electron chi connectivity index (χ2n) is 3.06. The van der Waals surface area contributed by atoms with E-state index in [0.29, 0.717) is 5.56 Å². The Morgan fingerprint density at radius 2 is 2.06 bits per heavy atom. The van der Waals surface area contributed by atoms with Gasteiger partial charge in [0.05, 0.1) is 11.5 Å². The third-order valence-electron chi connectivity index (χ3n) is 1.87. The Labute approximate surface area is 96.7 Å². The molecule has 0 atom stereocenters. The first-order valence-corrected chi connectivity index (χ1v) is 4.83.